The second-order valence-corrected chi connectivity index (χ2v) is 5.76. The van der Waals surface area contributed by atoms with Crippen LogP contribution in [0.25, 0.3) is 0 Å². The molecule has 0 saturated heterocycles. The number of nitrogens with zero attached hydrogens (tertiary/aromatic N) is 2. The highest BCUT2D eigenvalue weighted by Gasteiger charge is 2.29. The van der Waals surface area contributed by atoms with E-state index < -0.39 is 6.17 Å². The number of methoxy groups -OCH3 is 1. The van der Waals surface area contributed by atoms with Crippen LogP contribution in [0, 0.1) is 12.0 Å². The summed E-state index contributed by atoms with van der Waals surface area (Å²) in [6.07, 6.45) is 1.13. The van der Waals surface area contributed by atoms with Crippen LogP contribution in [-0.2, 0) is 0 Å². The van der Waals surface area contributed by atoms with Gasteiger partial charge < -0.3 is 14.9 Å². The normalized spacial score (nSPS) is 15.5. The lowest BCUT2D eigenvalue weighted by Crippen LogP contribution is -2.38. The number of rotatable bonds is 2. The molecule has 4 rings (SSSR count). The summed E-state index contributed by atoms with van der Waals surface area (Å²) in [6, 6.07) is 22.4. The maximum Gasteiger partial charge on any atom is 0.227 e. The first-order valence-electron chi connectivity index (χ1n) is 8.18. The summed E-state index contributed by atoms with van der Waals surface area (Å²) in [5.41, 5.74) is 9.04. The van der Waals surface area contributed by atoms with Crippen LogP contribution in [0.5, 0.6) is 5.75 Å². The van der Waals surface area contributed by atoms with E-state index in [1.165, 1.54) is 0 Å². The molecule has 26 heavy (non-hydrogen) atoms. The zero-order valence-electron chi connectivity index (χ0n) is 14.2. The van der Waals surface area contributed by atoms with E-state index in [1.54, 1.807) is 18.3 Å². The van der Waals surface area contributed by atoms with Crippen LogP contribution in [0.2, 0.25) is 0 Å². The van der Waals surface area contributed by atoms with Crippen molar-refractivity contribution in [3.63, 3.8) is 0 Å². The molecule has 1 unspecified atom stereocenters. The van der Waals surface area contributed by atoms with E-state index in [2.05, 4.69) is 17.0 Å². The summed E-state index contributed by atoms with van der Waals surface area (Å²) < 4.78 is 10.7. The standard InChI is InChI=1S/C21H17N3O2/c1-25-17-9-7-16(8-10-17)20-23-21-18(12-14-26-21)19(22)24(20)13-11-15-5-3-2-4-6-15/h2-10,12,14,19H,22H2,1H3. The highest BCUT2D eigenvalue weighted by Crippen LogP contribution is 2.34. The molecule has 1 atom stereocenters. The van der Waals surface area contributed by atoms with E-state index in [0.717, 1.165) is 22.4 Å². The van der Waals surface area contributed by atoms with Crippen molar-refractivity contribution >= 4 is 11.7 Å². The Labute approximate surface area is 151 Å². The number of ether oxygens (including phenoxy) is 1. The molecule has 0 aliphatic carbocycles. The average Bonchev–Trinajstić information content (AvgIpc) is 3.17. The molecule has 1 aromatic heterocycles. The van der Waals surface area contributed by atoms with Gasteiger partial charge in [0.1, 0.15) is 11.9 Å². The second kappa shape index (κ2) is 6.79. The summed E-state index contributed by atoms with van der Waals surface area (Å²) in [5.74, 6) is 5.08. The molecule has 3 aromatic rings. The Hall–Kier alpha value is -3.49. The molecular formula is C21H17N3O2. The van der Waals surface area contributed by atoms with Gasteiger partial charge in [-0.1, -0.05) is 18.2 Å². The topological polar surface area (TPSA) is 64.0 Å². The number of furan rings is 1. The molecular weight excluding hydrogens is 326 g/mol. The van der Waals surface area contributed by atoms with Gasteiger partial charge in [0.15, 0.2) is 5.84 Å². The zero-order chi connectivity index (χ0) is 17.9. The average molecular weight is 343 g/mol. The Balaban J connectivity index is 1.77. The maximum atomic E-state index is 6.44. The summed E-state index contributed by atoms with van der Waals surface area (Å²) in [7, 11) is 1.63. The fourth-order valence-electron chi connectivity index (χ4n) is 2.76. The number of benzene rings is 2. The van der Waals surface area contributed by atoms with Crippen LogP contribution in [0.15, 0.2) is 76.3 Å². The van der Waals surface area contributed by atoms with Crippen LogP contribution in [0.3, 0.4) is 0 Å². The molecule has 0 spiro atoms. The first-order chi connectivity index (χ1) is 12.8. The van der Waals surface area contributed by atoms with Crippen molar-refractivity contribution in [3.05, 3.63) is 83.6 Å². The molecule has 0 saturated carbocycles. The monoisotopic (exact) mass is 343 g/mol. The van der Waals surface area contributed by atoms with E-state index in [4.69, 9.17) is 14.9 Å². The Morgan fingerprint density at radius 3 is 2.58 bits per heavy atom. The van der Waals surface area contributed by atoms with Crippen molar-refractivity contribution in [1.82, 2.24) is 4.90 Å². The van der Waals surface area contributed by atoms with Gasteiger partial charge in [-0.25, -0.2) is 0 Å². The van der Waals surface area contributed by atoms with Gasteiger partial charge in [-0.05, 0) is 48.4 Å². The number of aliphatic imine (C=N–C) groups is 1. The Kier molecular flexibility index (Phi) is 4.18. The smallest absolute Gasteiger partial charge is 0.227 e. The van der Waals surface area contributed by atoms with E-state index in [0.29, 0.717) is 11.7 Å². The highest BCUT2D eigenvalue weighted by atomic mass is 16.5. The Bertz CT molecular complexity index is 995. The summed E-state index contributed by atoms with van der Waals surface area (Å²) in [4.78, 5) is 6.40. The van der Waals surface area contributed by atoms with Crippen LogP contribution < -0.4 is 10.5 Å². The summed E-state index contributed by atoms with van der Waals surface area (Å²) >= 11 is 0. The predicted octanol–water partition coefficient (Wildman–Crippen LogP) is 3.65. The zero-order valence-corrected chi connectivity index (χ0v) is 14.2. The minimum absolute atomic E-state index is 0.463. The van der Waals surface area contributed by atoms with Crippen LogP contribution >= 0.6 is 0 Å². The molecule has 0 radical (unpaired) electrons. The molecule has 0 bridgehead atoms. The van der Waals surface area contributed by atoms with E-state index in [-0.39, 0.29) is 0 Å². The van der Waals surface area contributed by atoms with Crippen LogP contribution in [0.1, 0.15) is 22.9 Å². The van der Waals surface area contributed by atoms with Crippen LogP contribution in [-0.4, -0.2) is 17.8 Å². The Morgan fingerprint density at radius 2 is 1.85 bits per heavy atom. The summed E-state index contributed by atoms with van der Waals surface area (Å²) in [5, 5.41) is 0. The fourth-order valence-corrected chi connectivity index (χ4v) is 2.76. The van der Waals surface area contributed by atoms with Gasteiger partial charge in [0, 0.05) is 17.2 Å². The SMILES string of the molecule is COc1ccc(C2=Nc3occc3C(N)N2C#Cc2ccccc2)cc1. The van der Waals surface area contributed by atoms with Gasteiger partial charge >= 0.3 is 0 Å². The molecule has 128 valence electrons. The first-order valence-corrected chi connectivity index (χ1v) is 8.18. The van der Waals surface area contributed by atoms with Crippen LogP contribution in [0.4, 0.5) is 5.88 Å². The van der Waals surface area contributed by atoms with E-state index in [1.807, 2.05) is 60.7 Å². The van der Waals surface area contributed by atoms with Gasteiger partial charge in [-0.2, -0.15) is 4.99 Å². The van der Waals surface area contributed by atoms with Crippen molar-refractivity contribution in [1.29, 1.82) is 0 Å². The first kappa shape index (κ1) is 16.0. The van der Waals surface area contributed by atoms with Gasteiger partial charge in [0.05, 0.1) is 18.9 Å². The Morgan fingerprint density at radius 1 is 1.08 bits per heavy atom. The third kappa shape index (κ3) is 2.94. The lowest BCUT2D eigenvalue weighted by atomic mass is 10.1. The second-order valence-electron chi connectivity index (χ2n) is 5.76. The van der Waals surface area contributed by atoms with Gasteiger partial charge in [-0.3, -0.25) is 4.90 Å². The fraction of sp³-hybridized carbons (Fsp3) is 0.0952. The maximum absolute atomic E-state index is 6.44. The largest absolute Gasteiger partial charge is 0.497 e. The molecule has 2 heterocycles. The molecule has 5 heteroatoms. The predicted molar refractivity (Wildman–Crippen MR) is 100.0 cm³/mol. The third-order valence-electron chi connectivity index (χ3n) is 4.15. The van der Waals surface area contributed by atoms with Crippen molar-refractivity contribution < 1.29 is 9.15 Å². The quantitative estimate of drug-likeness (QED) is 0.722. The molecule has 1 aliphatic rings. The molecule has 1 aliphatic heterocycles. The number of fused-ring (bicyclic) bond motifs is 1. The van der Waals surface area contributed by atoms with Crippen molar-refractivity contribution in [2.75, 3.05) is 7.11 Å². The van der Waals surface area contributed by atoms with Crippen molar-refractivity contribution in [2.45, 2.75) is 6.17 Å². The lowest BCUT2D eigenvalue weighted by molar-refractivity contribution is 0.414. The van der Waals surface area contributed by atoms with Crippen molar-refractivity contribution in [2.24, 2.45) is 10.7 Å². The molecule has 0 fully saturated rings. The van der Waals surface area contributed by atoms with E-state index >= 15 is 0 Å². The van der Waals surface area contributed by atoms with Gasteiger partial charge in [-0.15, -0.1) is 0 Å². The minimum Gasteiger partial charge on any atom is -0.497 e. The number of hydrogen-bond donors (Lipinski definition) is 1. The summed E-state index contributed by atoms with van der Waals surface area (Å²) in [6.45, 7) is 0. The third-order valence-corrected chi connectivity index (χ3v) is 4.15. The number of nitrogens with two attached hydrogens (primary N) is 1. The van der Waals surface area contributed by atoms with E-state index in [9.17, 15) is 0 Å². The van der Waals surface area contributed by atoms with Gasteiger partial charge in [0.25, 0.3) is 0 Å². The van der Waals surface area contributed by atoms with Gasteiger partial charge in [0.2, 0.25) is 5.88 Å². The van der Waals surface area contributed by atoms with Crippen molar-refractivity contribution in [3.8, 4) is 17.7 Å². The molecule has 0 amide bonds. The molecule has 2 aromatic carbocycles. The molecule has 2 N–H and O–H groups in total. The number of amidine groups is 1. The number of hydrogen-bond acceptors (Lipinski definition) is 5. The highest BCUT2D eigenvalue weighted by molar-refractivity contribution is 6.02. The molecule has 5 nitrogen and oxygen atoms in total. The lowest BCUT2D eigenvalue weighted by Gasteiger charge is -2.29. The minimum atomic E-state index is -0.463.